The van der Waals surface area contributed by atoms with Gasteiger partial charge in [0.15, 0.2) is 5.78 Å². The number of fused-ring (bicyclic) bond motifs is 3. The van der Waals surface area contributed by atoms with Crippen molar-refractivity contribution >= 4 is 36.5 Å². The molecule has 0 spiro atoms. The van der Waals surface area contributed by atoms with Gasteiger partial charge < -0.3 is 14.6 Å². The van der Waals surface area contributed by atoms with E-state index in [2.05, 4.69) is 28.8 Å². The van der Waals surface area contributed by atoms with Crippen LogP contribution in [0.1, 0.15) is 6.42 Å². The van der Waals surface area contributed by atoms with Crippen LogP contribution in [0.2, 0.25) is 0 Å². The minimum Gasteiger partial charge on any atom is -0.429 e. The van der Waals surface area contributed by atoms with Crippen molar-refractivity contribution in [1.82, 2.24) is 4.57 Å². The van der Waals surface area contributed by atoms with Crippen molar-refractivity contribution in [2.24, 2.45) is 0 Å². The summed E-state index contributed by atoms with van der Waals surface area (Å²) in [4.78, 5) is 11.7. The Hall–Kier alpha value is -2.63. The van der Waals surface area contributed by atoms with Gasteiger partial charge in [-0.3, -0.25) is 4.79 Å². The minimum atomic E-state index is 0. The van der Waals surface area contributed by atoms with Gasteiger partial charge in [-0.15, -0.1) is 0 Å². The maximum atomic E-state index is 11.7. The van der Waals surface area contributed by atoms with Gasteiger partial charge in [0.1, 0.15) is 0 Å². The van der Waals surface area contributed by atoms with E-state index in [-0.39, 0.29) is 13.5 Å². The van der Waals surface area contributed by atoms with E-state index in [4.69, 9.17) is 10.0 Å². The van der Waals surface area contributed by atoms with Gasteiger partial charge in [-0.2, -0.15) is 0 Å². The Balaban J connectivity index is 0.000000485. The summed E-state index contributed by atoms with van der Waals surface area (Å²) in [5.74, 6) is 0.175. The summed E-state index contributed by atoms with van der Waals surface area (Å²) < 4.78 is 2.23. The molecule has 0 bridgehead atoms. The first-order chi connectivity index (χ1) is 11.3. The van der Waals surface area contributed by atoms with E-state index in [9.17, 15) is 4.79 Å². The fraction of sp³-hybridized carbons (Fsp3) is 0.0556. The fourth-order valence-electron chi connectivity index (χ4n) is 2.91. The van der Waals surface area contributed by atoms with E-state index in [1.807, 2.05) is 36.4 Å². The van der Waals surface area contributed by atoms with Crippen molar-refractivity contribution in [2.75, 3.05) is 0 Å². The second-order valence-corrected chi connectivity index (χ2v) is 5.12. The van der Waals surface area contributed by atoms with Crippen molar-refractivity contribution in [2.45, 2.75) is 6.42 Å². The molecule has 1 aliphatic rings. The maximum Gasteiger partial charge on any atom is 0.482 e. The standard InChI is InChI=1S/C18H13NO.BH2O2/c20-14-10-11-18-16(12-14)15-8-4-5-9-17(15)19(18)13-6-2-1-3-7-13;2-1-3/h1-9,11-12H,10H2;2-3H. The largest absolute Gasteiger partial charge is 0.482 e. The first kappa shape index (κ1) is 15.3. The number of carbonyl (C=O) groups is 1. The molecule has 2 aromatic carbocycles. The number of benzene rings is 2. The third-order valence-electron chi connectivity index (χ3n) is 3.77. The summed E-state index contributed by atoms with van der Waals surface area (Å²) in [6, 6.07) is 18.5. The van der Waals surface area contributed by atoms with Crippen LogP contribution in [-0.4, -0.2) is 28.1 Å². The van der Waals surface area contributed by atoms with Crippen LogP contribution in [0.4, 0.5) is 0 Å². The quantitative estimate of drug-likeness (QED) is 0.650. The normalized spacial score (nSPS) is 12.5. The average molecular weight is 304 g/mol. The van der Waals surface area contributed by atoms with E-state index in [0.717, 1.165) is 27.2 Å². The summed E-state index contributed by atoms with van der Waals surface area (Å²) in [7, 11) is 0. The molecule has 0 saturated heterocycles. The first-order valence-electron chi connectivity index (χ1n) is 7.26. The molecule has 0 atom stereocenters. The SMILES string of the molecule is O=C1C=c2c(n(-c3ccccc3)c3ccccc23)=CC1.O[B]O. The number of para-hydroxylation sites is 2. The van der Waals surface area contributed by atoms with Crippen LogP contribution in [0.25, 0.3) is 28.7 Å². The van der Waals surface area contributed by atoms with Crippen molar-refractivity contribution in [3.8, 4) is 5.69 Å². The summed E-state index contributed by atoms with van der Waals surface area (Å²) in [6.45, 7) is 0. The number of nitrogens with zero attached hydrogens (tertiary/aromatic N) is 1. The molecule has 1 aromatic heterocycles. The highest BCUT2D eigenvalue weighted by atomic mass is 16.4. The van der Waals surface area contributed by atoms with E-state index < -0.39 is 0 Å². The zero-order chi connectivity index (χ0) is 16.2. The van der Waals surface area contributed by atoms with E-state index in [1.165, 1.54) is 0 Å². The number of hydrogen-bond acceptors (Lipinski definition) is 3. The first-order valence-corrected chi connectivity index (χ1v) is 7.26. The molecule has 0 saturated carbocycles. The van der Waals surface area contributed by atoms with E-state index in [0.29, 0.717) is 6.42 Å². The molecule has 0 unspecified atom stereocenters. The Kier molecular flexibility index (Phi) is 4.41. The van der Waals surface area contributed by atoms with Crippen LogP contribution < -0.4 is 10.6 Å². The van der Waals surface area contributed by atoms with Crippen molar-refractivity contribution in [3.63, 3.8) is 0 Å². The highest BCUT2D eigenvalue weighted by Gasteiger charge is 2.12. The van der Waals surface area contributed by atoms with Crippen LogP contribution >= 0.6 is 0 Å². The second-order valence-electron chi connectivity index (χ2n) is 5.12. The number of Topliss-reactive ketones (excluding diaryl/α,β-unsaturated/α-hetero) is 1. The van der Waals surface area contributed by atoms with Crippen molar-refractivity contribution in [3.05, 3.63) is 65.2 Å². The predicted octanol–water partition coefficient (Wildman–Crippen LogP) is 0.669. The van der Waals surface area contributed by atoms with Crippen LogP contribution in [0.3, 0.4) is 0 Å². The lowest BCUT2D eigenvalue weighted by Crippen LogP contribution is -2.32. The van der Waals surface area contributed by atoms with Crippen LogP contribution in [-0.2, 0) is 4.79 Å². The molecular formula is C18H15BNO3. The zero-order valence-corrected chi connectivity index (χ0v) is 12.4. The molecule has 5 heteroatoms. The second kappa shape index (κ2) is 6.65. The van der Waals surface area contributed by atoms with E-state index >= 15 is 0 Å². The Morgan fingerprint density at radius 1 is 0.957 bits per heavy atom. The van der Waals surface area contributed by atoms with Gasteiger partial charge in [-0.25, -0.2) is 0 Å². The molecule has 1 radical (unpaired) electrons. The molecule has 1 heterocycles. The lowest BCUT2D eigenvalue weighted by molar-refractivity contribution is -0.112. The molecule has 3 aromatic rings. The summed E-state index contributed by atoms with van der Waals surface area (Å²) in [5, 5.41) is 17.3. The summed E-state index contributed by atoms with van der Waals surface area (Å²) in [5.41, 5.74) is 2.27. The smallest absolute Gasteiger partial charge is 0.429 e. The Morgan fingerprint density at radius 3 is 2.35 bits per heavy atom. The van der Waals surface area contributed by atoms with E-state index in [1.54, 1.807) is 6.08 Å². The van der Waals surface area contributed by atoms with Crippen LogP contribution in [0, 0.1) is 0 Å². The fourth-order valence-corrected chi connectivity index (χ4v) is 2.91. The highest BCUT2D eigenvalue weighted by molar-refractivity contribution is 6.13. The molecule has 1 aliphatic carbocycles. The molecule has 0 aliphatic heterocycles. The Bertz CT molecular complexity index is 961. The van der Waals surface area contributed by atoms with Gasteiger partial charge >= 0.3 is 7.69 Å². The Labute approximate surface area is 133 Å². The van der Waals surface area contributed by atoms with Gasteiger partial charge in [0.05, 0.1) is 10.9 Å². The molecule has 0 amide bonds. The van der Waals surface area contributed by atoms with Gasteiger partial charge in [0, 0.05) is 22.7 Å². The van der Waals surface area contributed by atoms with Crippen LogP contribution in [0.5, 0.6) is 0 Å². The topological polar surface area (TPSA) is 62.5 Å². The third kappa shape index (κ3) is 2.84. The number of hydrogen-bond donors (Lipinski definition) is 2. The number of ketones is 1. The molecule has 23 heavy (non-hydrogen) atoms. The predicted molar refractivity (Wildman–Crippen MR) is 91.3 cm³/mol. The van der Waals surface area contributed by atoms with Gasteiger partial charge in [-0.1, -0.05) is 42.5 Å². The summed E-state index contributed by atoms with van der Waals surface area (Å²) >= 11 is 0. The molecule has 4 nitrogen and oxygen atoms in total. The molecule has 0 fully saturated rings. The maximum absolute atomic E-state index is 11.7. The van der Waals surface area contributed by atoms with Crippen molar-refractivity contribution in [1.29, 1.82) is 0 Å². The monoisotopic (exact) mass is 304 g/mol. The molecule has 4 rings (SSSR count). The van der Waals surface area contributed by atoms with Crippen molar-refractivity contribution < 1.29 is 14.8 Å². The average Bonchev–Trinajstić information content (AvgIpc) is 2.90. The van der Waals surface area contributed by atoms with Gasteiger partial charge in [0.25, 0.3) is 0 Å². The third-order valence-corrected chi connectivity index (χ3v) is 3.77. The lowest BCUT2D eigenvalue weighted by atomic mass is 10.1. The molecule has 2 N–H and O–H groups in total. The van der Waals surface area contributed by atoms with Gasteiger partial charge in [-0.05, 0) is 24.3 Å². The molecular weight excluding hydrogens is 289 g/mol. The lowest BCUT2D eigenvalue weighted by Gasteiger charge is -2.06. The van der Waals surface area contributed by atoms with Gasteiger partial charge in [0.2, 0.25) is 0 Å². The molecule has 113 valence electrons. The highest BCUT2D eigenvalue weighted by Crippen LogP contribution is 2.15. The number of aromatic nitrogens is 1. The zero-order valence-electron chi connectivity index (χ0n) is 12.4. The summed E-state index contributed by atoms with van der Waals surface area (Å²) in [6.07, 6.45) is 4.29. The number of rotatable bonds is 1. The minimum absolute atomic E-state index is 0. The Morgan fingerprint density at radius 2 is 1.61 bits per heavy atom. The van der Waals surface area contributed by atoms with Crippen LogP contribution in [0.15, 0.2) is 54.6 Å². The number of carbonyl (C=O) groups excluding carboxylic acids is 1.